The number of allylic oxidation sites excluding steroid dienone is 2. The number of hydrogen-bond acceptors (Lipinski definition) is 5. The molecule has 0 atom stereocenters. The highest BCUT2D eigenvalue weighted by atomic mass is 19.4. The van der Waals surface area contributed by atoms with E-state index in [1.807, 2.05) is 13.0 Å². The van der Waals surface area contributed by atoms with E-state index in [1.165, 1.54) is 0 Å². The van der Waals surface area contributed by atoms with Gasteiger partial charge in [0, 0.05) is 31.5 Å². The van der Waals surface area contributed by atoms with Crippen molar-refractivity contribution in [1.82, 2.24) is 15.3 Å². The summed E-state index contributed by atoms with van der Waals surface area (Å²) in [5.74, 6) is 0.0841. The van der Waals surface area contributed by atoms with Crippen molar-refractivity contribution in [1.29, 1.82) is 0 Å². The van der Waals surface area contributed by atoms with Crippen LogP contribution in [-0.2, 0) is 11.0 Å². The van der Waals surface area contributed by atoms with Gasteiger partial charge in [-0.15, -0.1) is 0 Å². The van der Waals surface area contributed by atoms with E-state index in [4.69, 9.17) is 0 Å². The molecule has 1 spiro atoms. The maximum Gasteiger partial charge on any atom is 0.421 e. The molecule has 2 fully saturated rings. The number of halogens is 3. The lowest BCUT2D eigenvalue weighted by molar-refractivity contribution is -0.137. The van der Waals surface area contributed by atoms with Crippen LogP contribution in [-0.4, -0.2) is 35.5 Å². The van der Waals surface area contributed by atoms with Gasteiger partial charge in [-0.3, -0.25) is 4.79 Å². The first-order valence-electron chi connectivity index (χ1n) is 10.7. The minimum atomic E-state index is -4.54. The van der Waals surface area contributed by atoms with Crippen molar-refractivity contribution >= 4 is 17.7 Å². The fraction of sp³-hybridized carbons (Fsp3) is 0.667. The predicted molar refractivity (Wildman–Crippen MR) is 110 cm³/mol. The molecule has 0 bridgehead atoms. The van der Waals surface area contributed by atoms with Crippen LogP contribution < -0.4 is 15.5 Å². The van der Waals surface area contributed by atoms with Crippen LogP contribution in [0.15, 0.2) is 18.0 Å². The number of rotatable bonds is 7. The van der Waals surface area contributed by atoms with Crippen LogP contribution in [0.5, 0.6) is 0 Å². The average Bonchev–Trinajstić information content (AvgIpc) is 3.05. The van der Waals surface area contributed by atoms with Crippen molar-refractivity contribution in [2.24, 2.45) is 5.41 Å². The highest BCUT2D eigenvalue weighted by molar-refractivity contribution is 5.85. The molecule has 0 aliphatic carbocycles. The molecule has 2 aliphatic heterocycles. The molecule has 1 aromatic rings. The maximum absolute atomic E-state index is 13.6. The molecule has 0 saturated carbocycles. The zero-order valence-corrected chi connectivity index (χ0v) is 17.6. The normalized spacial score (nSPS) is 19.3. The highest BCUT2D eigenvalue weighted by Crippen LogP contribution is 2.42. The summed E-state index contributed by atoms with van der Waals surface area (Å²) in [4.78, 5) is 22.0. The van der Waals surface area contributed by atoms with E-state index in [0.717, 1.165) is 44.0 Å². The molecule has 3 heterocycles. The van der Waals surface area contributed by atoms with Crippen LogP contribution in [0.1, 0.15) is 64.4 Å². The molecule has 1 amide bonds. The zero-order chi connectivity index (χ0) is 21.8. The van der Waals surface area contributed by atoms with Gasteiger partial charge in [-0.2, -0.15) is 18.2 Å². The van der Waals surface area contributed by atoms with Gasteiger partial charge in [0.15, 0.2) is 0 Å². The smallest absolute Gasteiger partial charge is 0.356 e. The molecular weight excluding hydrogens is 395 g/mol. The molecule has 9 heteroatoms. The Morgan fingerprint density at radius 3 is 2.57 bits per heavy atom. The number of nitrogens with zero attached hydrogens (tertiary/aromatic N) is 3. The average molecular weight is 425 g/mol. The summed E-state index contributed by atoms with van der Waals surface area (Å²) in [6, 6.07) is 0. The Bertz CT molecular complexity index is 785. The second kappa shape index (κ2) is 9.22. The van der Waals surface area contributed by atoms with Crippen molar-refractivity contribution in [3.63, 3.8) is 0 Å². The van der Waals surface area contributed by atoms with E-state index in [-0.39, 0.29) is 17.7 Å². The lowest BCUT2D eigenvalue weighted by Gasteiger charge is -2.38. The number of alkyl halides is 3. The van der Waals surface area contributed by atoms with Crippen molar-refractivity contribution in [2.75, 3.05) is 29.9 Å². The summed E-state index contributed by atoms with van der Waals surface area (Å²) in [6.45, 7) is 5.48. The summed E-state index contributed by atoms with van der Waals surface area (Å²) in [5.41, 5.74) is -0.361. The van der Waals surface area contributed by atoms with Crippen molar-refractivity contribution in [3.05, 3.63) is 23.5 Å². The lowest BCUT2D eigenvalue weighted by atomic mass is 9.77. The van der Waals surface area contributed by atoms with Crippen LogP contribution in [0.3, 0.4) is 0 Å². The number of nitrogens with one attached hydrogen (secondary N) is 2. The molecular formula is C21H30F3N5O. The quantitative estimate of drug-likeness (QED) is 0.673. The van der Waals surface area contributed by atoms with Gasteiger partial charge in [-0.1, -0.05) is 32.8 Å². The van der Waals surface area contributed by atoms with Gasteiger partial charge in [-0.05, 0) is 32.1 Å². The Labute approximate surface area is 175 Å². The number of carbonyl (C=O) groups is 1. The summed E-state index contributed by atoms with van der Waals surface area (Å²) >= 11 is 0. The molecule has 2 saturated heterocycles. The topological polar surface area (TPSA) is 70.2 Å². The number of anilines is 2. The first-order valence-corrected chi connectivity index (χ1v) is 10.7. The first kappa shape index (κ1) is 22.4. The maximum atomic E-state index is 13.6. The SMILES string of the molecule is CCC/C=C(\CCC)Nc1ncc(C(F)(F)F)c(N2CCC3(CCNC3=O)CC2)n1. The van der Waals surface area contributed by atoms with Gasteiger partial charge in [0.1, 0.15) is 11.4 Å². The third-order valence-corrected chi connectivity index (χ3v) is 5.94. The Kier molecular flexibility index (Phi) is 6.88. The number of aromatic nitrogens is 2. The molecule has 0 unspecified atom stereocenters. The van der Waals surface area contributed by atoms with Crippen LogP contribution in [0, 0.1) is 5.41 Å². The fourth-order valence-corrected chi connectivity index (χ4v) is 4.16. The molecule has 6 nitrogen and oxygen atoms in total. The van der Waals surface area contributed by atoms with E-state index >= 15 is 0 Å². The third-order valence-electron chi connectivity index (χ3n) is 5.94. The van der Waals surface area contributed by atoms with Gasteiger partial charge < -0.3 is 15.5 Å². The van der Waals surface area contributed by atoms with E-state index in [1.54, 1.807) is 4.90 Å². The van der Waals surface area contributed by atoms with E-state index in [9.17, 15) is 18.0 Å². The van der Waals surface area contributed by atoms with Gasteiger partial charge >= 0.3 is 6.18 Å². The fourth-order valence-electron chi connectivity index (χ4n) is 4.16. The monoisotopic (exact) mass is 425 g/mol. The minimum absolute atomic E-state index is 0.0218. The Balaban J connectivity index is 1.84. The van der Waals surface area contributed by atoms with Crippen LogP contribution in [0.25, 0.3) is 0 Å². The lowest BCUT2D eigenvalue weighted by Crippen LogP contribution is -2.44. The third kappa shape index (κ3) is 4.87. The van der Waals surface area contributed by atoms with Gasteiger partial charge in [-0.25, -0.2) is 4.98 Å². The van der Waals surface area contributed by atoms with Crippen LogP contribution in [0.2, 0.25) is 0 Å². The van der Waals surface area contributed by atoms with Gasteiger partial charge in [0.05, 0.1) is 5.41 Å². The zero-order valence-electron chi connectivity index (χ0n) is 17.6. The van der Waals surface area contributed by atoms with Crippen LogP contribution >= 0.6 is 0 Å². The number of hydrogen-bond donors (Lipinski definition) is 2. The standard InChI is InChI=1S/C21H30F3N5O/c1-3-5-7-15(6-4-2)27-19-26-14-16(21(22,23)24)17(28-19)29-12-9-20(10-13-29)8-11-25-18(20)30/h7,14H,3-6,8-13H2,1-2H3,(H,25,30)(H,26,27,28)/b15-7+. The Hall–Kier alpha value is -2.32. The molecule has 2 aliphatic rings. The van der Waals surface area contributed by atoms with Crippen LogP contribution in [0.4, 0.5) is 24.9 Å². The first-order chi connectivity index (χ1) is 14.3. The van der Waals surface area contributed by atoms with Crippen molar-refractivity contribution in [2.45, 2.75) is 65.0 Å². The van der Waals surface area contributed by atoms with E-state index in [2.05, 4.69) is 27.5 Å². The Morgan fingerprint density at radius 2 is 2.00 bits per heavy atom. The highest BCUT2D eigenvalue weighted by Gasteiger charge is 2.46. The number of piperidine rings is 1. The molecule has 3 rings (SSSR count). The second-order valence-electron chi connectivity index (χ2n) is 8.09. The largest absolute Gasteiger partial charge is 0.421 e. The van der Waals surface area contributed by atoms with E-state index < -0.39 is 17.2 Å². The number of unbranched alkanes of at least 4 members (excludes halogenated alkanes) is 1. The van der Waals surface area contributed by atoms with E-state index in [0.29, 0.717) is 32.5 Å². The minimum Gasteiger partial charge on any atom is -0.356 e. The summed E-state index contributed by atoms with van der Waals surface area (Å²) < 4.78 is 40.9. The predicted octanol–water partition coefficient (Wildman–Crippen LogP) is 4.50. The summed E-state index contributed by atoms with van der Waals surface area (Å²) in [6.07, 6.45) is 3.72. The molecule has 2 N–H and O–H groups in total. The number of amides is 1. The summed E-state index contributed by atoms with van der Waals surface area (Å²) in [5, 5.41) is 5.96. The molecule has 1 aromatic heterocycles. The number of carbonyl (C=O) groups excluding carboxylic acids is 1. The van der Waals surface area contributed by atoms with Gasteiger partial charge in [0.2, 0.25) is 11.9 Å². The Morgan fingerprint density at radius 1 is 1.27 bits per heavy atom. The summed E-state index contributed by atoms with van der Waals surface area (Å²) in [7, 11) is 0. The van der Waals surface area contributed by atoms with Crippen molar-refractivity contribution < 1.29 is 18.0 Å². The molecule has 30 heavy (non-hydrogen) atoms. The molecule has 0 radical (unpaired) electrons. The molecule has 166 valence electrons. The second-order valence-corrected chi connectivity index (χ2v) is 8.09. The van der Waals surface area contributed by atoms with Gasteiger partial charge in [0.25, 0.3) is 0 Å². The molecule has 0 aromatic carbocycles. The van der Waals surface area contributed by atoms with Crippen molar-refractivity contribution in [3.8, 4) is 0 Å².